The molecular formula is C23H24N2O3. The molecule has 0 spiro atoms. The third kappa shape index (κ3) is 6.06. The molecule has 1 amide bonds. The lowest BCUT2D eigenvalue weighted by molar-refractivity contribution is -0.118. The lowest BCUT2D eigenvalue weighted by Gasteiger charge is -2.11. The molecule has 144 valence electrons. The van der Waals surface area contributed by atoms with E-state index in [9.17, 15) is 4.79 Å². The number of amides is 1. The minimum absolute atomic E-state index is 0.0370. The Morgan fingerprint density at radius 2 is 1.61 bits per heavy atom. The van der Waals surface area contributed by atoms with Crippen molar-refractivity contribution in [3.05, 3.63) is 84.4 Å². The number of para-hydroxylation sites is 1. The zero-order valence-corrected chi connectivity index (χ0v) is 15.9. The molecule has 0 unspecified atom stereocenters. The van der Waals surface area contributed by atoms with Crippen LogP contribution in [0.15, 0.2) is 78.9 Å². The number of anilines is 2. The number of hydrogen-bond donors (Lipinski definition) is 2. The molecule has 0 fully saturated rings. The maximum atomic E-state index is 12.0. The normalized spacial score (nSPS) is 10.2. The van der Waals surface area contributed by atoms with Crippen molar-refractivity contribution in [2.75, 3.05) is 23.8 Å². The molecule has 2 N–H and O–H groups in total. The van der Waals surface area contributed by atoms with E-state index in [-0.39, 0.29) is 12.5 Å². The highest BCUT2D eigenvalue weighted by Gasteiger charge is 2.04. The monoisotopic (exact) mass is 376 g/mol. The first-order valence-corrected chi connectivity index (χ1v) is 9.26. The maximum Gasteiger partial charge on any atom is 0.262 e. The molecular weight excluding hydrogens is 352 g/mol. The summed E-state index contributed by atoms with van der Waals surface area (Å²) in [5.74, 6) is 1.33. The molecule has 0 saturated carbocycles. The van der Waals surface area contributed by atoms with Crippen molar-refractivity contribution in [1.29, 1.82) is 0 Å². The van der Waals surface area contributed by atoms with Crippen LogP contribution in [0.5, 0.6) is 11.5 Å². The van der Waals surface area contributed by atoms with Crippen LogP contribution in [0.4, 0.5) is 11.4 Å². The van der Waals surface area contributed by atoms with Gasteiger partial charge >= 0.3 is 0 Å². The highest BCUT2D eigenvalue weighted by molar-refractivity contribution is 5.91. The van der Waals surface area contributed by atoms with Crippen LogP contribution in [0.2, 0.25) is 0 Å². The Kier molecular flexibility index (Phi) is 6.90. The third-order valence-electron chi connectivity index (χ3n) is 3.99. The van der Waals surface area contributed by atoms with E-state index < -0.39 is 0 Å². The van der Waals surface area contributed by atoms with Crippen LogP contribution in [0.1, 0.15) is 12.5 Å². The van der Waals surface area contributed by atoms with Crippen LogP contribution in [0.3, 0.4) is 0 Å². The summed E-state index contributed by atoms with van der Waals surface area (Å²) in [5.41, 5.74) is 2.83. The average Bonchev–Trinajstić information content (AvgIpc) is 2.73. The molecule has 3 aromatic rings. The molecule has 0 aliphatic rings. The van der Waals surface area contributed by atoms with Gasteiger partial charge < -0.3 is 20.1 Å². The molecule has 5 heteroatoms. The lowest BCUT2D eigenvalue weighted by atomic mass is 10.2. The second-order valence-electron chi connectivity index (χ2n) is 6.16. The Bertz CT molecular complexity index is 880. The minimum Gasteiger partial charge on any atom is -0.494 e. The highest BCUT2D eigenvalue weighted by Crippen LogP contribution is 2.18. The largest absolute Gasteiger partial charge is 0.494 e. The fraction of sp³-hybridized carbons (Fsp3) is 0.174. The molecule has 0 aromatic heterocycles. The highest BCUT2D eigenvalue weighted by atomic mass is 16.5. The van der Waals surface area contributed by atoms with Gasteiger partial charge in [0, 0.05) is 17.9 Å². The second-order valence-corrected chi connectivity index (χ2v) is 6.16. The van der Waals surface area contributed by atoms with E-state index >= 15 is 0 Å². The molecule has 3 rings (SSSR count). The molecule has 0 radical (unpaired) electrons. The first kappa shape index (κ1) is 19.3. The van der Waals surface area contributed by atoms with Crippen molar-refractivity contribution in [2.24, 2.45) is 0 Å². The Morgan fingerprint density at radius 1 is 0.821 bits per heavy atom. The summed E-state index contributed by atoms with van der Waals surface area (Å²) >= 11 is 0. The van der Waals surface area contributed by atoms with Gasteiger partial charge in [0.25, 0.3) is 5.91 Å². The molecule has 0 saturated heterocycles. The summed E-state index contributed by atoms with van der Waals surface area (Å²) in [7, 11) is 0. The molecule has 5 nitrogen and oxygen atoms in total. The standard InChI is InChI=1S/C23H24N2O3/c1-2-27-21-13-11-19(12-14-21)24-16-18-7-6-10-22(15-18)28-17-23(26)25-20-8-4-3-5-9-20/h3-15,24H,2,16-17H2,1H3,(H,25,26). The van der Waals surface area contributed by atoms with E-state index in [0.29, 0.717) is 18.9 Å². The lowest BCUT2D eigenvalue weighted by Crippen LogP contribution is -2.20. The van der Waals surface area contributed by atoms with Gasteiger partial charge in [-0.05, 0) is 61.0 Å². The Hall–Kier alpha value is -3.47. The number of rotatable bonds is 9. The Labute approximate surface area is 165 Å². The van der Waals surface area contributed by atoms with Crippen molar-refractivity contribution >= 4 is 17.3 Å². The number of hydrogen-bond acceptors (Lipinski definition) is 4. The van der Waals surface area contributed by atoms with Gasteiger partial charge in [0.05, 0.1) is 6.61 Å². The minimum atomic E-state index is -0.191. The van der Waals surface area contributed by atoms with Crippen LogP contribution in [0, 0.1) is 0 Å². The van der Waals surface area contributed by atoms with E-state index in [4.69, 9.17) is 9.47 Å². The molecule has 3 aromatic carbocycles. The summed E-state index contributed by atoms with van der Waals surface area (Å²) < 4.78 is 11.1. The van der Waals surface area contributed by atoms with Gasteiger partial charge in [-0.3, -0.25) is 4.79 Å². The van der Waals surface area contributed by atoms with Gasteiger partial charge in [0.15, 0.2) is 6.61 Å². The zero-order chi connectivity index (χ0) is 19.6. The van der Waals surface area contributed by atoms with E-state index in [1.54, 1.807) is 0 Å². The van der Waals surface area contributed by atoms with Gasteiger partial charge in [-0.2, -0.15) is 0 Å². The molecule has 0 aliphatic heterocycles. The van der Waals surface area contributed by atoms with Gasteiger partial charge in [0.1, 0.15) is 11.5 Å². The van der Waals surface area contributed by atoms with Crippen molar-refractivity contribution in [3.8, 4) is 11.5 Å². The summed E-state index contributed by atoms with van der Waals surface area (Å²) in [4.78, 5) is 12.0. The quantitative estimate of drug-likeness (QED) is 0.568. The van der Waals surface area contributed by atoms with Crippen LogP contribution in [-0.2, 0) is 11.3 Å². The number of carbonyl (C=O) groups is 1. The van der Waals surface area contributed by atoms with E-state index in [1.165, 1.54) is 0 Å². The van der Waals surface area contributed by atoms with Crippen molar-refractivity contribution < 1.29 is 14.3 Å². The molecule has 0 bridgehead atoms. The smallest absolute Gasteiger partial charge is 0.262 e. The number of nitrogens with one attached hydrogen (secondary N) is 2. The van der Waals surface area contributed by atoms with Gasteiger partial charge in [0.2, 0.25) is 0 Å². The van der Waals surface area contributed by atoms with Gasteiger partial charge in [-0.15, -0.1) is 0 Å². The van der Waals surface area contributed by atoms with Gasteiger partial charge in [-0.25, -0.2) is 0 Å². The summed E-state index contributed by atoms with van der Waals surface area (Å²) in [6, 6.07) is 24.9. The summed E-state index contributed by atoms with van der Waals surface area (Å²) in [5, 5.41) is 6.17. The van der Waals surface area contributed by atoms with Crippen LogP contribution in [-0.4, -0.2) is 19.1 Å². The molecule has 28 heavy (non-hydrogen) atoms. The third-order valence-corrected chi connectivity index (χ3v) is 3.99. The predicted octanol–water partition coefficient (Wildman–Crippen LogP) is 4.71. The Balaban J connectivity index is 1.48. The first-order valence-electron chi connectivity index (χ1n) is 9.26. The number of ether oxygens (including phenoxy) is 2. The Morgan fingerprint density at radius 3 is 2.36 bits per heavy atom. The summed E-state index contributed by atoms with van der Waals surface area (Å²) in [6.07, 6.45) is 0. The second kappa shape index (κ2) is 10.0. The summed E-state index contributed by atoms with van der Waals surface area (Å²) in [6.45, 7) is 3.24. The van der Waals surface area contributed by atoms with Crippen molar-refractivity contribution in [2.45, 2.75) is 13.5 Å². The SMILES string of the molecule is CCOc1ccc(NCc2cccc(OCC(=O)Nc3ccccc3)c2)cc1. The number of benzene rings is 3. The first-order chi connectivity index (χ1) is 13.7. The fourth-order valence-corrected chi connectivity index (χ4v) is 2.65. The van der Waals surface area contributed by atoms with Gasteiger partial charge in [-0.1, -0.05) is 30.3 Å². The van der Waals surface area contributed by atoms with Crippen molar-refractivity contribution in [1.82, 2.24) is 0 Å². The van der Waals surface area contributed by atoms with E-state index in [1.807, 2.05) is 85.8 Å². The number of carbonyl (C=O) groups excluding carboxylic acids is 1. The maximum absolute atomic E-state index is 12.0. The fourth-order valence-electron chi connectivity index (χ4n) is 2.65. The van der Waals surface area contributed by atoms with Crippen LogP contribution >= 0.6 is 0 Å². The zero-order valence-electron chi connectivity index (χ0n) is 15.9. The van der Waals surface area contributed by atoms with E-state index in [0.717, 1.165) is 22.7 Å². The molecule has 0 aliphatic carbocycles. The van der Waals surface area contributed by atoms with E-state index in [2.05, 4.69) is 10.6 Å². The van der Waals surface area contributed by atoms with Crippen LogP contribution < -0.4 is 20.1 Å². The average molecular weight is 376 g/mol. The van der Waals surface area contributed by atoms with Crippen molar-refractivity contribution in [3.63, 3.8) is 0 Å². The predicted molar refractivity (Wildman–Crippen MR) is 112 cm³/mol. The topological polar surface area (TPSA) is 59.6 Å². The molecule has 0 atom stereocenters. The van der Waals surface area contributed by atoms with Crippen LogP contribution in [0.25, 0.3) is 0 Å². The molecule has 0 heterocycles.